The van der Waals surface area contributed by atoms with Crippen molar-refractivity contribution < 1.29 is 8.91 Å². The second-order valence-electron chi connectivity index (χ2n) is 4.11. The van der Waals surface area contributed by atoms with Gasteiger partial charge in [0.2, 0.25) is 5.88 Å². The molecule has 0 spiro atoms. The number of aromatic nitrogens is 2. The minimum Gasteiger partial charge on any atom is -0.367 e. The van der Waals surface area contributed by atoms with Gasteiger partial charge in [0.25, 0.3) is 0 Å². The third-order valence-electron chi connectivity index (χ3n) is 2.88. The number of halogens is 2. The van der Waals surface area contributed by atoms with Crippen molar-refractivity contribution >= 4 is 17.5 Å². The molecule has 0 bridgehead atoms. The van der Waals surface area contributed by atoms with Crippen molar-refractivity contribution in [1.29, 1.82) is 0 Å². The van der Waals surface area contributed by atoms with E-state index in [9.17, 15) is 4.39 Å². The van der Waals surface area contributed by atoms with Crippen molar-refractivity contribution in [3.05, 3.63) is 53.6 Å². The maximum absolute atomic E-state index is 14.1. The predicted octanol–water partition coefficient (Wildman–Crippen LogP) is 3.78. The summed E-state index contributed by atoms with van der Waals surface area (Å²) in [7, 11) is 0. The number of rotatable bonds is 2. The van der Waals surface area contributed by atoms with Crippen LogP contribution in [0, 0.1) is 5.82 Å². The Kier molecular flexibility index (Phi) is 3.12. The van der Waals surface area contributed by atoms with Crippen LogP contribution in [0.2, 0.25) is 5.02 Å². The molecule has 2 heterocycles. The van der Waals surface area contributed by atoms with Gasteiger partial charge in [-0.2, -0.15) is 0 Å². The summed E-state index contributed by atoms with van der Waals surface area (Å²) in [6.07, 6.45) is 3.24. The summed E-state index contributed by atoms with van der Waals surface area (Å²) in [4.78, 5) is 4.01. The summed E-state index contributed by atoms with van der Waals surface area (Å²) in [6, 6.07) is 8.21. The smallest absolute Gasteiger partial charge is 0.230 e. The molecule has 0 aliphatic heterocycles. The monoisotopic (exact) mass is 289 g/mol. The Balaban J connectivity index is 2.24. The fourth-order valence-electron chi connectivity index (χ4n) is 1.96. The maximum atomic E-state index is 14.1. The molecule has 0 unspecified atom stereocenters. The largest absolute Gasteiger partial charge is 0.367 e. The Morgan fingerprint density at radius 1 is 1.20 bits per heavy atom. The van der Waals surface area contributed by atoms with Crippen molar-refractivity contribution in [3.63, 3.8) is 0 Å². The Bertz CT molecular complexity index is 758. The molecule has 1 aromatic carbocycles. The standard InChI is InChI=1S/C14H9ClFN3O/c15-10-5-1-4-9(12(10)16)13-11(14(17)20-19-13)8-3-2-6-18-7-8/h1-7H,17H2. The Hall–Kier alpha value is -2.40. The van der Waals surface area contributed by atoms with Gasteiger partial charge in [-0.1, -0.05) is 28.9 Å². The van der Waals surface area contributed by atoms with Gasteiger partial charge in [0.05, 0.1) is 10.6 Å². The first-order chi connectivity index (χ1) is 9.68. The predicted molar refractivity (Wildman–Crippen MR) is 74.6 cm³/mol. The highest BCUT2D eigenvalue weighted by atomic mass is 35.5. The number of hydrogen-bond acceptors (Lipinski definition) is 4. The lowest BCUT2D eigenvalue weighted by Gasteiger charge is -2.04. The Morgan fingerprint density at radius 3 is 2.80 bits per heavy atom. The van der Waals surface area contributed by atoms with Crippen LogP contribution < -0.4 is 5.73 Å². The molecule has 2 N–H and O–H groups in total. The average Bonchev–Trinajstić information content (AvgIpc) is 2.84. The highest BCUT2D eigenvalue weighted by molar-refractivity contribution is 6.31. The van der Waals surface area contributed by atoms with Crippen LogP contribution >= 0.6 is 11.6 Å². The van der Waals surface area contributed by atoms with Gasteiger partial charge in [-0.05, 0) is 18.2 Å². The van der Waals surface area contributed by atoms with Crippen molar-refractivity contribution in [1.82, 2.24) is 10.1 Å². The number of anilines is 1. The van der Waals surface area contributed by atoms with Gasteiger partial charge < -0.3 is 10.3 Å². The van der Waals surface area contributed by atoms with E-state index >= 15 is 0 Å². The zero-order valence-corrected chi connectivity index (χ0v) is 10.9. The van der Waals surface area contributed by atoms with Gasteiger partial charge in [-0.25, -0.2) is 4.39 Å². The molecule has 100 valence electrons. The number of hydrogen-bond donors (Lipinski definition) is 1. The molecule has 2 aromatic heterocycles. The quantitative estimate of drug-likeness (QED) is 0.780. The molecule has 0 amide bonds. The molecule has 0 saturated carbocycles. The third-order valence-corrected chi connectivity index (χ3v) is 3.17. The van der Waals surface area contributed by atoms with Crippen molar-refractivity contribution in [3.8, 4) is 22.4 Å². The van der Waals surface area contributed by atoms with E-state index in [0.29, 0.717) is 16.8 Å². The maximum Gasteiger partial charge on any atom is 0.230 e. The van der Waals surface area contributed by atoms with E-state index < -0.39 is 5.82 Å². The summed E-state index contributed by atoms with van der Waals surface area (Å²) in [5.41, 5.74) is 7.52. The van der Waals surface area contributed by atoms with E-state index in [1.54, 1.807) is 36.7 Å². The fourth-order valence-corrected chi connectivity index (χ4v) is 2.14. The topological polar surface area (TPSA) is 64.9 Å². The second kappa shape index (κ2) is 4.94. The minimum absolute atomic E-state index is 0.0150. The summed E-state index contributed by atoms with van der Waals surface area (Å²) >= 11 is 5.79. The molecule has 3 rings (SSSR count). The molecule has 0 fully saturated rings. The molecule has 0 aliphatic carbocycles. The minimum atomic E-state index is -0.562. The van der Waals surface area contributed by atoms with Crippen molar-refractivity contribution in [2.45, 2.75) is 0 Å². The van der Waals surface area contributed by atoms with E-state index in [1.165, 1.54) is 6.07 Å². The molecule has 0 saturated heterocycles. The summed E-state index contributed by atoms with van der Waals surface area (Å²) in [5.74, 6) is -0.458. The van der Waals surface area contributed by atoms with E-state index in [4.69, 9.17) is 21.9 Å². The van der Waals surface area contributed by atoms with E-state index in [-0.39, 0.29) is 16.5 Å². The molecular weight excluding hydrogens is 281 g/mol. The SMILES string of the molecule is Nc1onc(-c2cccc(Cl)c2F)c1-c1cccnc1. The molecule has 0 radical (unpaired) electrons. The number of pyridine rings is 1. The van der Waals surface area contributed by atoms with Crippen LogP contribution in [0.15, 0.2) is 47.2 Å². The van der Waals surface area contributed by atoms with Gasteiger partial charge in [0.15, 0.2) is 5.82 Å². The first-order valence-corrected chi connectivity index (χ1v) is 6.16. The average molecular weight is 290 g/mol. The van der Waals surface area contributed by atoms with E-state index in [0.717, 1.165) is 0 Å². The molecular formula is C14H9ClFN3O. The highest BCUT2D eigenvalue weighted by Crippen LogP contribution is 2.37. The van der Waals surface area contributed by atoms with Gasteiger partial charge in [0, 0.05) is 23.5 Å². The number of nitrogen functional groups attached to an aromatic ring is 1. The van der Waals surface area contributed by atoms with Crippen LogP contribution in [0.1, 0.15) is 0 Å². The summed E-state index contributed by atoms with van der Waals surface area (Å²) in [6.45, 7) is 0. The molecule has 4 nitrogen and oxygen atoms in total. The lowest BCUT2D eigenvalue weighted by Crippen LogP contribution is -1.91. The van der Waals surface area contributed by atoms with E-state index in [1.807, 2.05) is 0 Å². The highest BCUT2D eigenvalue weighted by Gasteiger charge is 2.21. The lowest BCUT2D eigenvalue weighted by molar-refractivity contribution is 0.439. The molecule has 20 heavy (non-hydrogen) atoms. The van der Waals surface area contributed by atoms with Gasteiger partial charge in [-0.3, -0.25) is 4.98 Å². The molecule has 0 aliphatic rings. The van der Waals surface area contributed by atoms with Crippen LogP contribution in [0.5, 0.6) is 0 Å². The number of nitrogens with zero attached hydrogens (tertiary/aromatic N) is 2. The zero-order valence-electron chi connectivity index (χ0n) is 10.2. The molecule has 0 atom stereocenters. The Morgan fingerprint density at radius 2 is 2.05 bits per heavy atom. The van der Waals surface area contributed by atoms with Crippen molar-refractivity contribution in [2.75, 3.05) is 5.73 Å². The number of nitrogens with two attached hydrogens (primary N) is 1. The first-order valence-electron chi connectivity index (χ1n) is 5.78. The Labute approximate surface area is 119 Å². The van der Waals surface area contributed by atoms with Crippen LogP contribution in [0.3, 0.4) is 0 Å². The molecule has 6 heteroatoms. The van der Waals surface area contributed by atoms with Crippen molar-refractivity contribution in [2.24, 2.45) is 0 Å². The number of benzene rings is 1. The molecule has 3 aromatic rings. The lowest BCUT2D eigenvalue weighted by atomic mass is 10.0. The summed E-state index contributed by atoms with van der Waals surface area (Å²) < 4.78 is 19.1. The summed E-state index contributed by atoms with van der Waals surface area (Å²) in [5, 5.41) is 3.85. The zero-order chi connectivity index (χ0) is 14.1. The second-order valence-corrected chi connectivity index (χ2v) is 4.52. The van der Waals surface area contributed by atoms with Crippen LogP contribution in [-0.2, 0) is 0 Å². The first kappa shape index (κ1) is 12.6. The van der Waals surface area contributed by atoms with Gasteiger partial charge in [-0.15, -0.1) is 0 Å². The van der Waals surface area contributed by atoms with E-state index in [2.05, 4.69) is 10.1 Å². The van der Waals surface area contributed by atoms with Gasteiger partial charge >= 0.3 is 0 Å². The third kappa shape index (κ3) is 2.02. The normalized spacial score (nSPS) is 10.7. The fraction of sp³-hybridized carbons (Fsp3) is 0. The van der Waals surface area contributed by atoms with Crippen LogP contribution in [0.25, 0.3) is 22.4 Å². The van der Waals surface area contributed by atoms with Crippen LogP contribution in [0.4, 0.5) is 10.3 Å². The van der Waals surface area contributed by atoms with Gasteiger partial charge in [0.1, 0.15) is 5.69 Å². The van der Waals surface area contributed by atoms with Crippen LogP contribution in [-0.4, -0.2) is 10.1 Å².